The minimum atomic E-state index is 0.232. The van der Waals surface area contributed by atoms with Crippen molar-refractivity contribution in [2.45, 2.75) is 60.4 Å². The van der Waals surface area contributed by atoms with Gasteiger partial charge in [-0.1, -0.05) is 34.6 Å². The second-order valence-electron chi connectivity index (χ2n) is 5.92. The van der Waals surface area contributed by atoms with E-state index in [1.54, 1.807) is 0 Å². The van der Waals surface area contributed by atoms with Crippen molar-refractivity contribution in [3.63, 3.8) is 0 Å². The summed E-state index contributed by atoms with van der Waals surface area (Å²) < 4.78 is 0. The third-order valence-electron chi connectivity index (χ3n) is 2.64. The maximum atomic E-state index is 5.83. The summed E-state index contributed by atoms with van der Waals surface area (Å²) in [5.41, 5.74) is 6.06. The van der Waals surface area contributed by atoms with Gasteiger partial charge in [0, 0.05) is 12.6 Å². The van der Waals surface area contributed by atoms with Crippen LogP contribution in [0, 0.1) is 11.3 Å². The highest BCUT2D eigenvalue weighted by Crippen LogP contribution is 2.25. The summed E-state index contributed by atoms with van der Waals surface area (Å²) in [6, 6.07) is 0.400. The van der Waals surface area contributed by atoms with E-state index in [9.17, 15) is 0 Å². The van der Waals surface area contributed by atoms with E-state index < -0.39 is 0 Å². The first-order valence-electron chi connectivity index (χ1n) is 6.33. The van der Waals surface area contributed by atoms with E-state index in [0.717, 1.165) is 13.0 Å². The molecule has 0 bridgehead atoms. The lowest BCUT2D eigenvalue weighted by atomic mass is 9.84. The molecule has 0 saturated carbocycles. The Labute approximate surface area is 101 Å². The van der Waals surface area contributed by atoms with Crippen molar-refractivity contribution in [3.05, 3.63) is 0 Å². The van der Waals surface area contributed by atoms with Crippen LogP contribution >= 0.6 is 0 Å². The lowest BCUT2D eigenvalue weighted by Gasteiger charge is -2.25. The van der Waals surface area contributed by atoms with Gasteiger partial charge in [-0.3, -0.25) is 4.99 Å². The summed E-state index contributed by atoms with van der Waals surface area (Å²) in [5, 5.41) is 3.18. The van der Waals surface area contributed by atoms with Gasteiger partial charge in [-0.15, -0.1) is 0 Å². The van der Waals surface area contributed by atoms with E-state index in [1.807, 2.05) is 0 Å². The normalized spacial score (nSPS) is 15.3. The molecule has 0 spiro atoms. The third kappa shape index (κ3) is 7.55. The molecule has 3 heteroatoms. The summed E-state index contributed by atoms with van der Waals surface area (Å²) in [7, 11) is 0. The first-order chi connectivity index (χ1) is 7.26. The summed E-state index contributed by atoms with van der Waals surface area (Å²) in [5.74, 6) is 1.28. The second kappa shape index (κ2) is 6.77. The maximum absolute atomic E-state index is 5.83. The molecular weight excluding hydrogens is 198 g/mol. The van der Waals surface area contributed by atoms with Crippen LogP contribution in [-0.4, -0.2) is 18.5 Å². The maximum Gasteiger partial charge on any atom is 0.188 e. The van der Waals surface area contributed by atoms with Crippen LogP contribution in [0.2, 0.25) is 0 Å². The van der Waals surface area contributed by atoms with Crippen molar-refractivity contribution in [3.8, 4) is 0 Å². The topological polar surface area (TPSA) is 50.4 Å². The lowest BCUT2D eigenvalue weighted by Crippen LogP contribution is -2.38. The fourth-order valence-electron chi connectivity index (χ4n) is 1.87. The Balaban J connectivity index is 4.13. The van der Waals surface area contributed by atoms with Crippen LogP contribution in [0.15, 0.2) is 4.99 Å². The average Bonchev–Trinajstić information content (AvgIpc) is 2.13. The lowest BCUT2D eigenvalue weighted by molar-refractivity contribution is 0.298. The number of nitrogens with two attached hydrogens (primary N) is 1. The van der Waals surface area contributed by atoms with Gasteiger partial charge in [0.25, 0.3) is 0 Å². The molecule has 1 unspecified atom stereocenters. The molecule has 0 aliphatic rings. The van der Waals surface area contributed by atoms with E-state index >= 15 is 0 Å². The Kier molecular flexibility index (Phi) is 6.46. The van der Waals surface area contributed by atoms with Gasteiger partial charge in [0.15, 0.2) is 5.96 Å². The molecule has 3 N–H and O–H groups in total. The predicted molar refractivity (Wildman–Crippen MR) is 72.6 cm³/mol. The monoisotopic (exact) mass is 227 g/mol. The van der Waals surface area contributed by atoms with Crippen molar-refractivity contribution < 1.29 is 0 Å². The number of nitrogens with one attached hydrogen (secondary N) is 1. The highest BCUT2D eigenvalue weighted by molar-refractivity contribution is 5.78. The van der Waals surface area contributed by atoms with Crippen LogP contribution in [0.25, 0.3) is 0 Å². The summed E-state index contributed by atoms with van der Waals surface area (Å²) >= 11 is 0. The molecular formula is C13H29N3. The van der Waals surface area contributed by atoms with Gasteiger partial charge in [0.05, 0.1) is 0 Å². The largest absolute Gasteiger partial charge is 0.370 e. The van der Waals surface area contributed by atoms with Gasteiger partial charge in [0.2, 0.25) is 0 Å². The quantitative estimate of drug-likeness (QED) is 0.541. The third-order valence-corrected chi connectivity index (χ3v) is 2.64. The zero-order valence-corrected chi connectivity index (χ0v) is 11.8. The molecule has 0 amide bonds. The smallest absolute Gasteiger partial charge is 0.188 e. The van der Waals surface area contributed by atoms with E-state index in [2.05, 4.69) is 51.9 Å². The second-order valence-corrected chi connectivity index (χ2v) is 5.92. The Morgan fingerprint density at radius 3 is 2.31 bits per heavy atom. The van der Waals surface area contributed by atoms with Crippen LogP contribution in [0.1, 0.15) is 54.4 Å². The van der Waals surface area contributed by atoms with Gasteiger partial charge in [-0.25, -0.2) is 0 Å². The molecule has 0 fully saturated rings. The standard InChI is InChI=1S/C13H29N3/c1-7-11(4)16-12(14)15-9-13(5,6)8-10(2)3/h10-11H,7-9H2,1-6H3,(H3,14,15,16). The van der Waals surface area contributed by atoms with Crippen LogP contribution in [0.4, 0.5) is 0 Å². The SMILES string of the molecule is CCC(C)NC(N)=NCC(C)(C)CC(C)C. The molecule has 3 nitrogen and oxygen atoms in total. The molecule has 0 heterocycles. The Bertz CT molecular complexity index is 219. The van der Waals surface area contributed by atoms with Gasteiger partial charge in [-0.2, -0.15) is 0 Å². The fourth-order valence-corrected chi connectivity index (χ4v) is 1.87. The molecule has 1 atom stereocenters. The van der Waals surface area contributed by atoms with Gasteiger partial charge in [0.1, 0.15) is 0 Å². The van der Waals surface area contributed by atoms with E-state index in [1.165, 1.54) is 6.42 Å². The van der Waals surface area contributed by atoms with Gasteiger partial charge < -0.3 is 11.1 Å². The van der Waals surface area contributed by atoms with E-state index in [-0.39, 0.29) is 5.41 Å². The van der Waals surface area contributed by atoms with Crippen molar-refractivity contribution in [1.82, 2.24) is 5.32 Å². The zero-order chi connectivity index (χ0) is 12.8. The molecule has 0 radical (unpaired) electrons. The number of hydrogen-bond donors (Lipinski definition) is 2. The van der Waals surface area contributed by atoms with Gasteiger partial charge in [-0.05, 0) is 31.1 Å². The number of guanidine groups is 1. The van der Waals surface area contributed by atoms with Crippen molar-refractivity contribution in [2.24, 2.45) is 22.1 Å². The fraction of sp³-hybridized carbons (Fsp3) is 0.923. The molecule has 0 saturated heterocycles. The molecule has 0 aromatic heterocycles. The molecule has 96 valence electrons. The van der Waals surface area contributed by atoms with Crippen LogP contribution in [-0.2, 0) is 0 Å². The van der Waals surface area contributed by atoms with Crippen molar-refractivity contribution in [2.75, 3.05) is 6.54 Å². The molecule has 0 rings (SSSR count). The number of rotatable bonds is 6. The van der Waals surface area contributed by atoms with E-state index in [4.69, 9.17) is 5.73 Å². The predicted octanol–water partition coefficient (Wildman–Crippen LogP) is 2.76. The highest BCUT2D eigenvalue weighted by atomic mass is 15.1. The van der Waals surface area contributed by atoms with Crippen molar-refractivity contribution >= 4 is 5.96 Å². The minimum Gasteiger partial charge on any atom is -0.370 e. The van der Waals surface area contributed by atoms with E-state index in [0.29, 0.717) is 17.9 Å². The average molecular weight is 227 g/mol. The Morgan fingerprint density at radius 1 is 1.31 bits per heavy atom. The number of hydrogen-bond acceptors (Lipinski definition) is 1. The Morgan fingerprint density at radius 2 is 1.88 bits per heavy atom. The molecule has 16 heavy (non-hydrogen) atoms. The number of aliphatic imine (C=N–C) groups is 1. The highest BCUT2D eigenvalue weighted by Gasteiger charge is 2.19. The number of nitrogens with zero attached hydrogens (tertiary/aromatic N) is 1. The van der Waals surface area contributed by atoms with Crippen molar-refractivity contribution in [1.29, 1.82) is 0 Å². The van der Waals surface area contributed by atoms with Gasteiger partial charge >= 0.3 is 0 Å². The first-order valence-corrected chi connectivity index (χ1v) is 6.33. The minimum absolute atomic E-state index is 0.232. The zero-order valence-electron chi connectivity index (χ0n) is 11.8. The molecule has 0 aliphatic heterocycles. The van der Waals surface area contributed by atoms with Crippen LogP contribution in [0.5, 0.6) is 0 Å². The molecule has 0 aromatic rings. The van der Waals surface area contributed by atoms with Crippen LogP contribution < -0.4 is 11.1 Å². The molecule has 0 aromatic carbocycles. The Hall–Kier alpha value is -0.730. The van der Waals surface area contributed by atoms with Crippen LogP contribution in [0.3, 0.4) is 0 Å². The summed E-state index contributed by atoms with van der Waals surface area (Å²) in [6.07, 6.45) is 2.23. The first kappa shape index (κ1) is 15.3. The summed E-state index contributed by atoms with van der Waals surface area (Å²) in [4.78, 5) is 4.42. The molecule has 0 aliphatic carbocycles. The summed E-state index contributed by atoms with van der Waals surface area (Å²) in [6.45, 7) is 14.0.